The van der Waals surface area contributed by atoms with E-state index in [0.29, 0.717) is 12.0 Å². The summed E-state index contributed by atoms with van der Waals surface area (Å²) in [6, 6.07) is 14.4. The van der Waals surface area contributed by atoms with Crippen LogP contribution >= 0.6 is 0 Å². The molecule has 0 spiro atoms. The summed E-state index contributed by atoms with van der Waals surface area (Å²) in [5, 5.41) is 0. The molecule has 0 aliphatic carbocycles. The molecule has 3 unspecified atom stereocenters. The molecule has 0 radical (unpaired) electrons. The molecule has 1 saturated heterocycles. The third-order valence-electron chi connectivity index (χ3n) is 6.55. The van der Waals surface area contributed by atoms with Crippen LogP contribution in [0.3, 0.4) is 0 Å². The summed E-state index contributed by atoms with van der Waals surface area (Å²) in [4.78, 5) is 2.64. The number of rotatable bonds is 1. The Labute approximate surface area is 140 Å². The number of anilines is 1. The Kier molecular flexibility index (Phi) is 3.13. The van der Waals surface area contributed by atoms with E-state index in [1.807, 2.05) is 0 Å². The maximum absolute atomic E-state index is 2.64. The number of aryl methyl sites for hydroxylation is 2. The van der Waals surface area contributed by atoms with Gasteiger partial charge in [0.25, 0.3) is 0 Å². The van der Waals surface area contributed by atoms with Crippen LogP contribution in [0.15, 0.2) is 36.4 Å². The summed E-state index contributed by atoms with van der Waals surface area (Å²) in [6.07, 6.45) is 1.26. The van der Waals surface area contributed by atoms with Crippen molar-refractivity contribution in [2.45, 2.75) is 58.4 Å². The molecular weight excluding hydrogens is 278 g/mol. The van der Waals surface area contributed by atoms with Gasteiger partial charge in [-0.2, -0.15) is 0 Å². The number of nitrogens with zero attached hydrogens (tertiary/aromatic N) is 1. The first kappa shape index (κ1) is 14.8. The molecule has 0 aromatic heterocycles. The highest BCUT2D eigenvalue weighted by Crippen LogP contribution is 2.56. The minimum atomic E-state index is 0.246. The zero-order valence-electron chi connectivity index (χ0n) is 15.0. The molecule has 5 rings (SSSR count). The lowest BCUT2D eigenvalue weighted by Gasteiger charge is -2.58. The fourth-order valence-corrected chi connectivity index (χ4v) is 5.27. The predicted octanol–water partition coefficient (Wildman–Crippen LogP) is 5.27. The van der Waals surface area contributed by atoms with E-state index >= 15 is 0 Å². The van der Waals surface area contributed by atoms with Crippen LogP contribution < -0.4 is 4.90 Å². The molecule has 1 nitrogen and oxygen atoms in total. The van der Waals surface area contributed by atoms with Gasteiger partial charge in [-0.1, -0.05) is 42.8 Å². The van der Waals surface area contributed by atoms with Crippen molar-refractivity contribution in [1.82, 2.24) is 0 Å². The third-order valence-corrected chi connectivity index (χ3v) is 6.55. The molecule has 2 aromatic rings. The van der Waals surface area contributed by atoms with Crippen molar-refractivity contribution in [3.8, 4) is 0 Å². The maximum atomic E-state index is 2.64. The minimum Gasteiger partial charge on any atom is -0.368 e. The van der Waals surface area contributed by atoms with Crippen molar-refractivity contribution in [3.63, 3.8) is 0 Å². The Bertz CT molecular complexity index is 776. The second-order valence-corrected chi connectivity index (χ2v) is 7.89. The van der Waals surface area contributed by atoms with Crippen LogP contribution in [0, 0.1) is 20.8 Å². The first-order chi connectivity index (χ1) is 10.9. The first-order valence-electron chi connectivity index (χ1n) is 8.87. The topological polar surface area (TPSA) is 3.24 Å². The average Bonchev–Trinajstić information content (AvgIpc) is 2.52. The molecule has 0 amide bonds. The monoisotopic (exact) mass is 305 g/mol. The summed E-state index contributed by atoms with van der Waals surface area (Å²) < 4.78 is 0. The van der Waals surface area contributed by atoms with Gasteiger partial charge in [-0.05, 0) is 62.4 Å². The lowest BCUT2D eigenvalue weighted by atomic mass is 9.58. The van der Waals surface area contributed by atoms with Gasteiger partial charge in [0.2, 0.25) is 0 Å². The van der Waals surface area contributed by atoms with E-state index in [0.717, 1.165) is 0 Å². The molecule has 120 valence electrons. The quantitative estimate of drug-likeness (QED) is 0.694. The number of benzene rings is 2. The van der Waals surface area contributed by atoms with Crippen molar-refractivity contribution >= 4 is 5.69 Å². The van der Waals surface area contributed by atoms with Crippen molar-refractivity contribution in [1.29, 1.82) is 0 Å². The Balaban J connectivity index is 1.95. The standard InChI is InChI=1S/C22H27N/c1-14-12-15(2)16(3)18(13-14)21-17(4)23-11-10-22(21,5)19-8-6-7-9-20(19)23/h6-9,12-13,17,21H,10-11H2,1-5H3. The van der Waals surface area contributed by atoms with E-state index in [1.165, 1.54) is 35.3 Å². The lowest BCUT2D eigenvalue weighted by molar-refractivity contribution is 0.242. The van der Waals surface area contributed by atoms with E-state index in [-0.39, 0.29) is 5.41 Å². The predicted molar refractivity (Wildman–Crippen MR) is 98.6 cm³/mol. The van der Waals surface area contributed by atoms with Gasteiger partial charge < -0.3 is 4.90 Å². The molecule has 0 N–H and O–H groups in total. The molecular formula is C22H27N. The van der Waals surface area contributed by atoms with Crippen molar-refractivity contribution in [3.05, 3.63) is 64.2 Å². The second kappa shape index (κ2) is 4.87. The van der Waals surface area contributed by atoms with E-state index < -0.39 is 0 Å². The summed E-state index contributed by atoms with van der Waals surface area (Å²) in [6.45, 7) is 12.9. The summed E-state index contributed by atoms with van der Waals surface area (Å²) >= 11 is 0. The van der Waals surface area contributed by atoms with E-state index in [2.05, 4.69) is 75.9 Å². The SMILES string of the molecule is Cc1cc(C)c(C)c(C2C(C)N3CCC2(C)c2ccccc23)c1. The summed E-state index contributed by atoms with van der Waals surface area (Å²) in [5.41, 5.74) is 9.14. The molecule has 2 aromatic carbocycles. The average molecular weight is 305 g/mol. The second-order valence-electron chi connectivity index (χ2n) is 7.89. The lowest BCUT2D eigenvalue weighted by Crippen LogP contribution is -2.57. The van der Waals surface area contributed by atoms with Gasteiger partial charge in [0, 0.05) is 29.6 Å². The van der Waals surface area contributed by atoms with Crippen LogP contribution in [0.25, 0.3) is 0 Å². The van der Waals surface area contributed by atoms with Gasteiger partial charge in [0.1, 0.15) is 0 Å². The zero-order chi connectivity index (χ0) is 16.4. The molecule has 3 atom stereocenters. The number of hydrogen-bond donors (Lipinski definition) is 0. The molecule has 23 heavy (non-hydrogen) atoms. The molecule has 2 bridgehead atoms. The van der Waals surface area contributed by atoms with Gasteiger partial charge in [0.15, 0.2) is 0 Å². The molecule has 3 heterocycles. The van der Waals surface area contributed by atoms with Gasteiger partial charge in [-0.25, -0.2) is 0 Å². The van der Waals surface area contributed by atoms with Crippen LogP contribution in [-0.2, 0) is 5.41 Å². The Morgan fingerprint density at radius 2 is 1.83 bits per heavy atom. The van der Waals surface area contributed by atoms with Crippen molar-refractivity contribution < 1.29 is 0 Å². The van der Waals surface area contributed by atoms with Crippen LogP contribution in [0.5, 0.6) is 0 Å². The maximum Gasteiger partial charge on any atom is 0.0407 e. The highest BCUT2D eigenvalue weighted by molar-refractivity contribution is 5.65. The van der Waals surface area contributed by atoms with Crippen LogP contribution in [-0.4, -0.2) is 12.6 Å². The van der Waals surface area contributed by atoms with Crippen LogP contribution in [0.1, 0.15) is 54.0 Å². The highest BCUT2D eigenvalue weighted by Gasteiger charge is 2.51. The molecule has 0 saturated carbocycles. The fraction of sp³-hybridized carbons (Fsp3) is 0.455. The minimum absolute atomic E-state index is 0.246. The van der Waals surface area contributed by atoms with E-state index in [4.69, 9.17) is 0 Å². The zero-order valence-corrected chi connectivity index (χ0v) is 15.0. The summed E-state index contributed by atoms with van der Waals surface area (Å²) in [7, 11) is 0. The molecule has 3 aliphatic rings. The Morgan fingerprint density at radius 3 is 2.61 bits per heavy atom. The number of hydrogen-bond acceptors (Lipinski definition) is 1. The fourth-order valence-electron chi connectivity index (χ4n) is 5.27. The van der Waals surface area contributed by atoms with Gasteiger partial charge in [-0.15, -0.1) is 0 Å². The van der Waals surface area contributed by atoms with E-state index in [1.54, 1.807) is 11.1 Å². The third kappa shape index (κ3) is 1.92. The van der Waals surface area contributed by atoms with Crippen molar-refractivity contribution in [2.75, 3.05) is 11.4 Å². The van der Waals surface area contributed by atoms with Crippen LogP contribution in [0.4, 0.5) is 5.69 Å². The summed E-state index contributed by atoms with van der Waals surface area (Å²) in [5.74, 6) is 0.574. The van der Waals surface area contributed by atoms with Crippen LogP contribution in [0.2, 0.25) is 0 Å². The number of piperidine rings is 1. The molecule has 1 heteroatoms. The molecule has 1 fully saturated rings. The van der Waals surface area contributed by atoms with Gasteiger partial charge >= 0.3 is 0 Å². The van der Waals surface area contributed by atoms with Crippen molar-refractivity contribution in [2.24, 2.45) is 0 Å². The first-order valence-corrected chi connectivity index (χ1v) is 8.87. The van der Waals surface area contributed by atoms with E-state index in [9.17, 15) is 0 Å². The Morgan fingerprint density at radius 1 is 1.09 bits per heavy atom. The van der Waals surface area contributed by atoms with Gasteiger partial charge in [0.05, 0.1) is 0 Å². The molecule has 3 aliphatic heterocycles. The normalized spacial score (nSPS) is 28.8. The smallest absolute Gasteiger partial charge is 0.0407 e. The number of para-hydroxylation sites is 1. The van der Waals surface area contributed by atoms with Gasteiger partial charge in [-0.3, -0.25) is 0 Å². The number of fused-ring (bicyclic) bond motifs is 2. The largest absolute Gasteiger partial charge is 0.368 e. The highest BCUT2D eigenvalue weighted by atomic mass is 15.2. The Hall–Kier alpha value is -1.76.